The van der Waals surface area contributed by atoms with Gasteiger partial charge < -0.3 is 18.9 Å². The van der Waals surface area contributed by atoms with E-state index in [2.05, 4.69) is 4.98 Å². The number of hydrogen-bond acceptors (Lipinski definition) is 6. The molecule has 3 heterocycles. The Morgan fingerprint density at radius 2 is 1.71 bits per heavy atom. The molecule has 0 bridgehead atoms. The van der Waals surface area contributed by atoms with Crippen LogP contribution in [0.2, 0.25) is 0 Å². The van der Waals surface area contributed by atoms with Gasteiger partial charge in [-0.25, -0.2) is 4.79 Å². The van der Waals surface area contributed by atoms with Crippen LogP contribution < -0.4 is 11.2 Å². The first-order valence-corrected chi connectivity index (χ1v) is 11.5. The van der Waals surface area contributed by atoms with Crippen LogP contribution in [0.25, 0.3) is 0 Å². The lowest BCUT2D eigenvalue weighted by Gasteiger charge is -2.32. The predicted octanol–water partition coefficient (Wildman–Crippen LogP) is 2.70. The lowest BCUT2D eigenvalue weighted by atomic mass is 9.90. The van der Waals surface area contributed by atoms with E-state index in [1.807, 2.05) is 60.7 Å². The van der Waals surface area contributed by atoms with Crippen molar-refractivity contribution in [3.8, 4) is 0 Å². The van der Waals surface area contributed by atoms with Crippen molar-refractivity contribution in [1.29, 1.82) is 0 Å². The van der Waals surface area contributed by atoms with Gasteiger partial charge in [-0.05, 0) is 18.1 Å². The second kappa shape index (κ2) is 9.68. The summed E-state index contributed by atoms with van der Waals surface area (Å²) in [4.78, 5) is 26.9. The number of H-pyrrole nitrogens is 1. The maximum absolute atomic E-state index is 12.7. The molecule has 8 heteroatoms. The molecule has 2 aromatic carbocycles. The molecule has 0 amide bonds. The minimum atomic E-state index is -0.791. The molecule has 0 aliphatic carbocycles. The van der Waals surface area contributed by atoms with Gasteiger partial charge in [-0.15, -0.1) is 0 Å². The van der Waals surface area contributed by atoms with Gasteiger partial charge in [0.25, 0.3) is 5.56 Å². The fourth-order valence-electron chi connectivity index (χ4n) is 4.72. The van der Waals surface area contributed by atoms with E-state index in [-0.39, 0.29) is 6.61 Å². The lowest BCUT2D eigenvalue weighted by molar-refractivity contribution is -0.133. The van der Waals surface area contributed by atoms with Crippen LogP contribution in [0.3, 0.4) is 0 Å². The van der Waals surface area contributed by atoms with Crippen molar-refractivity contribution >= 4 is 0 Å². The Morgan fingerprint density at radius 1 is 1.03 bits per heavy atom. The SMILES string of the molecule is Cc1cn([C@@H]2O[C@H](COCc3ccccc3)[C@]3(OCc4ccccc4)CCO[C@H]23)c(=O)[nH]c1=O. The fraction of sp³-hybridized carbons (Fsp3) is 0.385. The summed E-state index contributed by atoms with van der Waals surface area (Å²) in [5.41, 5.74) is 0.760. The third-order valence-corrected chi connectivity index (χ3v) is 6.53. The van der Waals surface area contributed by atoms with Gasteiger partial charge in [0.05, 0.1) is 26.4 Å². The van der Waals surface area contributed by atoms with E-state index >= 15 is 0 Å². The highest BCUT2D eigenvalue weighted by Crippen LogP contribution is 2.47. The third-order valence-electron chi connectivity index (χ3n) is 6.53. The molecule has 0 unspecified atom stereocenters. The standard InChI is InChI=1S/C26H28N2O6/c1-18-14-28(25(30)27-23(18)29)24-22-26(12-13-32-22,33-16-20-10-6-3-7-11-20)21(34-24)17-31-15-19-8-4-2-5-9-19/h2-11,14,21-22,24H,12-13,15-17H2,1H3,(H,27,29,30)/t21-,22-,24-,26-/m1/s1. The van der Waals surface area contributed by atoms with Gasteiger partial charge in [-0.1, -0.05) is 60.7 Å². The Balaban J connectivity index is 1.42. The molecule has 3 aromatic rings. The van der Waals surface area contributed by atoms with E-state index in [1.165, 1.54) is 10.8 Å². The number of nitrogens with one attached hydrogen (secondary N) is 1. The van der Waals surface area contributed by atoms with E-state index in [0.29, 0.717) is 31.8 Å². The van der Waals surface area contributed by atoms with Crippen LogP contribution >= 0.6 is 0 Å². The quantitative estimate of drug-likeness (QED) is 0.551. The van der Waals surface area contributed by atoms with Crippen LogP contribution in [0.1, 0.15) is 29.3 Å². The molecule has 0 spiro atoms. The zero-order valence-electron chi connectivity index (χ0n) is 19.0. The summed E-state index contributed by atoms with van der Waals surface area (Å²) in [7, 11) is 0. The average molecular weight is 465 g/mol. The predicted molar refractivity (Wildman–Crippen MR) is 124 cm³/mol. The second-order valence-electron chi connectivity index (χ2n) is 8.77. The summed E-state index contributed by atoms with van der Waals surface area (Å²) in [5.74, 6) is 0. The van der Waals surface area contributed by atoms with Crippen LogP contribution in [-0.4, -0.2) is 40.6 Å². The molecule has 2 fully saturated rings. The minimum absolute atomic E-state index is 0.275. The molecule has 8 nitrogen and oxygen atoms in total. The zero-order valence-corrected chi connectivity index (χ0v) is 19.0. The number of ether oxygens (including phenoxy) is 4. The van der Waals surface area contributed by atoms with Gasteiger partial charge in [0.1, 0.15) is 17.8 Å². The van der Waals surface area contributed by atoms with Crippen LogP contribution in [-0.2, 0) is 32.2 Å². The molecule has 0 saturated carbocycles. The first-order chi connectivity index (χ1) is 16.6. The van der Waals surface area contributed by atoms with Crippen LogP contribution in [0, 0.1) is 6.92 Å². The largest absolute Gasteiger partial charge is 0.374 e. The highest BCUT2D eigenvalue weighted by Gasteiger charge is 2.62. The third kappa shape index (κ3) is 4.37. The van der Waals surface area contributed by atoms with Crippen molar-refractivity contribution in [2.75, 3.05) is 13.2 Å². The van der Waals surface area contributed by atoms with E-state index < -0.39 is 35.3 Å². The molecule has 34 heavy (non-hydrogen) atoms. The van der Waals surface area contributed by atoms with Crippen molar-refractivity contribution in [1.82, 2.24) is 9.55 Å². The molecule has 2 aliphatic heterocycles. The summed E-state index contributed by atoms with van der Waals surface area (Å²) in [6.45, 7) is 3.22. The number of benzene rings is 2. The molecular formula is C26H28N2O6. The van der Waals surface area contributed by atoms with Gasteiger partial charge in [0.15, 0.2) is 6.23 Å². The first-order valence-electron chi connectivity index (χ1n) is 11.5. The summed E-state index contributed by atoms with van der Waals surface area (Å²) >= 11 is 0. The second-order valence-corrected chi connectivity index (χ2v) is 8.77. The van der Waals surface area contributed by atoms with E-state index in [1.54, 1.807) is 6.92 Å². The molecule has 5 rings (SSSR count). The van der Waals surface area contributed by atoms with Gasteiger partial charge in [-0.2, -0.15) is 0 Å². The van der Waals surface area contributed by atoms with E-state index in [0.717, 1.165) is 11.1 Å². The number of nitrogens with zero attached hydrogens (tertiary/aromatic N) is 1. The summed E-state index contributed by atoms with van der Waals surface area (Å²) < 4.78 is 26.5. The first kappa shape index (κ1) is 22.7. The molecular weight excluding hydrogens is 436 g/mol. The molecule has 178 valence electrons. The number of aromatic nitrogens is 2. The number of fused-ring (bicyclic) bond motifs is 1. The topological polar surface area (TPSA) is 91.8 Å². The van der Waals surface area contributed by atoms with Crippen molar-refractivity contribution in [2.24, 2.45) is 0 Å². The van der Waals surface area contributed by atoms with Crippen LogP contribution in [0.15, 0.2) is 76.4 Å². The number of rotatable bonds is 8. The molecule has 0 radical (unpaired) electrons. The van der Waals surface area contributed by atoms with E-state index in [4.69, 9.17) is 18.9 Å². The van der Waals surface area contributed by atoms with Crippen LogP contribution in [0.5, 0.6) is 0 Å². The summed E-state index contributed by atoms with van der Waals surface area (Å²) in [6, 6.07) is 19.8. The highest BCUT2D eigenvalue weighted by molar-refractivity contribution is 5.16. The normalized spacial score (nSPS) is 26.0. The minimum Gasteiger partial charge on any atom is -0.374 e. The van der Waals surface area contributed by atoms with Crippen molar-refractivity contribution in [3.05, 3.63) is 104 Å². The summed E-state index contributed by atoms with van der Waals surface area (Å²) in [5, 5.41) is 0. The Hall–Kier alpha value is -3.04. The van der Waals surface area contributed by atoms with Gasteiger partial charge in [0.2, 0.25) is 0 Å². The smallest absolute Gasteiger partial charge is 0.330 e. The van der Waals surface area contributed by atoms with Crippen molar-refractivity contribution < 1.29 is 18.9 Å². The fourth-order valence-corrected chi connectivity index (χ4v) is 4.72. The number of hydrogen-bond donors (Lipinski definition) is 1. The Morgan fingerprint density at radius 3 is 2.41 bits per heavy atom. The maximum Gasteiger partial charge on any atom is 0.330 e. The maximum atomic E-state index is 12.7. The molecule has 2 saturated heterocycles. The van der Waals surface area contributed by atoms with Crippen LogP contribution in [0.4, 0.5) is 0 Å². The zero-order chi connectivity index (χ0) is 23.5. The molecule has 1 N–H and O–H groups in total. The lowest BCUT2D eigenvalue weighted by Crippen LogP contribution is -2.49. The van der Waals surface area contributed by atoms with E-state index in [9.17, 15) is 9.59 Å². The Labute approximate surface area is 197 Å². The molecule has 4 atom stereocenters. The Bertz CT molecular complexity index is 1230. The Kier molecular flexibility index (Phi) is 6.47. The monoisotopic (exact) mass is 464 g/mol. The molecule has 2 aliphatic rings. The number of aryl methyl sites for hydroxylation is 1. The van der Waals surface area contributed by atoms with Gasteiger partial charge in [-0.3, -0.25) is 14.3 Å². The van der Waals surface area contributed by atoms with Gasteiger partial charge in [0, 0.05) is 18.2 Å². The van der Waals surface area contributed by atoms with Crippen molar-refractivity contribution in [2.45, 2.75) is 50.6 Å². The summed E-state index contributed by atoms with van der Waals surface area (Å²) in [6.07, 6.45) is 0.396. The highest BCUT2D eigenvalue weighted by atomic mass is 16.6. The van der Waals surface area contributed by atoms with Gasteiger partial charge >= 0.3 is 5.69 Å². The average Bonchev–Trinajstić information content (AvgIpc) is 3.40. The number of aromatic amines is 1. The van der Waals surface area contributed by atoms with Crippen molar-refractivity contribution in [3.63, 3.8) is 0 Å². The molecule has 1 aromatic heterocycles.